The predicted octanol–water partition coefficient (Wildman–Crippen LogP) is 0.337. The van der Waals surface area contributed by atoms with Crippen molar-refractivity contribution in [2.45, 2.75) is 12.8 Å². The Bertz CT molecular complexity index is 200. The molecule has 0 bridgehead atoms. The third-order valence-electron chi connectivity index (χ3n) is 3.62. The highest BCUT2D eigenvalue weighted by molar-refractivity contribution is 4.86. The fourth-order valence-corrected chi connectivity index (χ4v) is 2.45. The highest BCUT2D eigenvalue weighted by atomic mass is 16.5. The lowest BCUT2D eigenvalue weighted by atomic mass is 9.82. The first-order valence-electron chi connectivity index (χ1n) is 6.74. The summed E-state index contributed by atoms with van der Waals surface area (Å²) in [6.07, 6.45) is 2.26. The van der Waals surface area contributed by atoms with Gasteiger partial charge < -0.3 is 19.9 Å². The molecule has 1 atom stereocenters. The normalized spacial score (nSPS) is 24.7. The average Bonchev–Trinajstić information content (AvgIpc) is 2.43. The van der Waals surface area contributed by atoms with E-state index in [-0.39, 0.29) is 5.41 Å². The van der Waals surface area contributed by atoms with E-state index in [0.29, 0.717) is 6.54 Å². The monoisotopic (exact) mass is 260 g/mol. The summed E-state index contributed by atoms with van der Waals surface area (Å²) in [5.41, 5.74) is 6.09. The molecule has 0 radical (unpaired) electrons. The van der Waals surface area contributed by atoms with Gasteiger partial charge in [0, 0.05) is 52.4 Å². The zero-order valence-corrected chi connectivity index (χ0v) is 11.8. The second kappa shape index (κ2) is 8.82. The number of hydrogen-bond donors (Lipinski definition) is 1. The number of hydrogen-bond acceptors (Lipinski definition) is 5. The lowest BCUT2D eigenvalue weighted by molar-refractivity contribution is -0.0275. The summed E-state index contributed by atoms with van der Waals surface area (Å²) in [5.74, 6) is 0. The Labute approximate surface area is 111 Å². The van der Waals surface area contributed by atoms with Gasteiger partial charge in [-0.15, -0.1) is 0 Å². The lowest BCUT2D eigenvalue weighted by Crippen LogP contribution is -2.49. The molecule has 1 saturated heterocycles. The molecule has 0 amide bonds. The molecule has 0 saturated carbocycles. The van der Waals surface area contributed by atoms with E-state index < -0.39 is 0 Å². The minimum Gasteiger partial charge on any atom is -0.383 e. The molecule has 108 valence electrons. The molecule has 1 unspecified atom stereocenters. The maximum atomic E-state index is 5.97. The van der Waals surface area contributed by atoms with Crippen LogP contribution in [0.4, 0.5) is 0 Å². The van der Waals surface area contributed by atoms with E-state index in [4.69, 9.17) is 19.9 Å². The van der Waals surface area contributed by atoms with Crippen molar-refractivity contribution in [2.24, 2.45) is 11.1 Å². The number of ether oxygens (including phenoxy) is 3. The van der Waals surface area contributed by atoms with E-state index in [1.165, 1.54) is 0 Å². The van der Waals surface area contributed by atoms with Crippen molar-refractivity contribution < 1.29 is 14.2 Å². The number of rotatable bonds is 9. The molecule has 1 fully saturated rings. The quantitative estimate of drug-likeness (QED) is 0.648. The second-order valence-electron chi connectivity index (χ2n) is 5.12. The predicted molar refractivity (Wildman–Crippen MR) is 71.7 cm³/mol. The number of methoxy groups -OCH3 is 2. The summed E-state index contributed by atoms with van der Waals surface area (Å²) < 4.78 is 15.9. The maximum absolute atomic E-state index is 5.97. The molecule has 0 aliphatic carbocycles. The summed E-state index contributed by atoms with van der Waals surface area (Å²) in [7, 11) is 3.47. The zero-order chi connectivity index (χ0) is 13.3. The van der Waals surface area contributed by atoms with Crippen LogP contribution in [0.1, 0.15) is 12.8 Å². The molecule has 1 aliphatic heterocycles. The maximum Gasteiger partial charge on any atom is 0.0589 e. The summed E-state index contributed by atoms with van der Waals surface area (Å²) in [4.78, 5) is 2.37. The average molecular weight is 260 g/mol. The van der Waals surface area contributed by atoms with Crippen LogP contribution in [0.15, 0.2) is 0 Å². The van der Waals surface area contributed by atoms with E-state index in [1.54, 1.807) is 14.2 Å². The molecule has 1 heterocycles. The highest BCUT2D eigenvalue weighted by Crippen LogP contribution is 2.28. The first kappa shape index (κ1) is 15.9. The van der Waals surface area contributed by atoms with Crippen molar-refractivity contribution in [3.63, 3.8) is 0 Å². The van der Waals surface area contributed by atoms with Crippen LogP contribution in [0.3, 0.4) is 0 Å². The Hall–Kier alpha value is -0.200. The van der Waals surface area contributed by atoms with Gasteiger partial charge in [0.05, 0.1) is 19.8 Å². The lowest BCUT2D eigenvalue weighted by Gasteiger charge is -2.40. The Balaban J connectivity index is 2.49. The van der Waals surface area contributed by atoms with Crippen LogP contribution in [-0.2, 0) is 14.2 Å². The van der Waals surface area contributed by atoms with Crippen molar-refractivity contribution in [3.05, 3.63) is 0 Å². The molecule has 1 rings (SSSR count). The topological polar surface area (TPSA) is 57.0 Å². The van der Waals surface area contributed by atoms with Gasteiger partial charge in [0.2, 0.25) is 0 Å². The molecule has 18 heavy (non-hydrogen) atoms. The first-order valence-corrected chi connectivity index (χ1v) is 6.74. The van der Waals surface area contributed by atoms with Crippen LogP contribution in [0, 0.1) is 5.41 Å². The Morgan fingerprint density at radius 2 is 1.89 bits per heavy atom. The van der Waals surface area contributed by atoms with Crippen LogP contribution in [0.2, 0.25) is 0 Å². The zero-order valence-electron chi connectivity index (χ0n) is 11.8. The van der Waals surface area contributed by atoms with Gasteiger partial charge in [-0.2, -0.15) is 0 Å². The molecule has 0 spiro atoms. The first-order chi connectivity index (χ1) is 8.76. The van der Waals surface area contributed by atoms with Crippen LogP contribution >= 0.6 is 0 Å². The van der Waals surface area contributed by atoms with Crippen molar-refractivity contribution >= 4 is 0 Å². The van der Waals surface area contributed by atoms with Crippen molar-refractivity contribution in [3.8, 4) is 0 Å². The largest absolute Gasteiger partial charge is 0.383 e. The van der Waals surface area contributed by atoms with Crippen molar-refractivity contribution in [1.82, 2.24) is 4.90 Å². The van der Waals surface area contributed by atoms with E-state index in [2.05, 4.69) is 4.90 Å². The van der Waals surface area contributed by atoms with Crippen LogP contribution in [0.25, 0.3) is 0 Å². The van der Waals surface area contributed by atoms with E-state index in [9.17, 15) is 0 Å². The molecular weight excluding hydrogens is 232 g/mol. The van der Waals surface area contributed by atoms with Gasteiger partial charge in [0.15, 0.2) is 0 Å². The molecule has 0 aromatic carbocycles. The summed E-state index contributed by atoms with van der Waals surface area (Å²) in [5, 5.41) is 0. The fraction of sp³-hybridized carbons (Fsp3) is 1.00. The molecule has 5 nitrogen and oxygen atoms in total. The third-order valence-corrected chi connectivity index (χ3v) is 3.62. The minimum atomic E-state index is 0.111. The summed E-state index contributed by atoms with van der Waals surface area (Å²) in [6.45, 7) is 6.62. The van der Waals surface area contributed by atoms with Crippen molar-refractivity contribution in [1.29, 1.82) is 0 Å². The fourth-order valence-electron chi connectivity index (χ4n) is 2.45. The highest BCUT2D eigenvalue weighted by Gasteiger charge is 2.33. The minimum absolute atomic E-state index is 0.111. The third kappa shape index (κ3) is 5.20. The van der Waals surface area contributed by atoms with Gasteiger partial charge in [-0.1, -0.05) is 0 Å². The van der Waals surface area contributed by atoms with Gasteiger partial charge in [0.25, 0.3) is 0 Å². The second-order valence-corrected chi connectivity index (χ2v) is 5.12. The van der Waals surface area contributed by atoms with E-state index in [0.717, 1.165) is 58.9 Å². The summed E-state index contributed by atoms with van der Waals surface area (Å²) >= 11 is 0. The van der Waals surface area contributed by atoms with Gasteiger partial charge in [0.1, 0.15) is 0 Å². The Morgan fingerprint density at radius 1 is 1.22 bits per heavy atom. The molecular formula is C13H28N2O3. The summed E-state index contributed by atoms with van der Waals surface area (Å²) in [6, 6.07) is 0. The van der Waals surface area contributed by atoms with E-state index >= 15 is 0 Å². The molecule has 5 heteroatoms. The van der Waals surface area contributed by atoms with Gasteiger partial charge in [-0.3, -0.25) is 4.90 Å². The van der Waals surface area contributed by atoms with Crippen LogP contribution < -0.4 is 5.73 Å². The number of nitrogens with two attached hydrogens (primary N) is 1. The van der Waals surface area contributed by atoms with E-state index in [1.807, 2.05) is 0 Å². The van der Waals surface area contributed by atoms with Crippen LogP contribution in [0.5, 0.6) is 0 Å². The Kier molecular flexibility index (Phi) is 7.77. The molecule has 0 aromatic rings. The van der Waals surface area contributed by atoms with Gasteiger partial charge in [-0.05, 0) is 12.8 Å². The van der Waals surface area contributed by atoms with Gasteiger partial charge in [-0.25, -0.2) is 0 Å². The van der Waals surface area contributed by atoms with Gasteiger partial charge >= 0.3 is 0 Å². The molecule has 1 aliphatic rings. The standard InChI is InChI=1S/C13H28N2O3/c1-16-8-5-15(6-9-17-2)11-13(10-14)4-3-7-18-12-13/h3-12,14H2,1-2H3. The molecule has 2 N–H and O–H groups in total. The molecule has 0 aromatic heterocycles. The number of nitrogens with zero attached hydrogens (tertiary/aromatic N) is 1. The van der Waals surface area contributed by atoms with Crippen molar-refractivity contribution in [2.75, 3.05) is 66.8 Å². The Morgan fingerprint density at radius 3 is 2.33 bits per heavy atom. The van der Waals surface area contributed by atoms with Crippen LogP contribution in [-0.4, -0.2) is 71.7 Å². The smallest absolute Gasteiger partial charge is 0.0589 e. The SMILES string of the molecule is COCCN(CCOC)CC1(CN)CCCOC1.